The first-order valence-electron chi connectivity index (χ1n) is 6.54. The minimum Gasteiger partial charge on any atom is -0.492 e. The molecule has 0 heterocycles. The number of carbonyl (C=O) groups is 1. The average molecular weight is 265 g/mol. The highest BCUT2D eigenvalue weighted by Crippen LogP contribution is 2.16. The Morgan fingerprint density at radius 1 is 1.32 bits per heavy atom. The zero-order valence-corrected chi connectivity index (χ0v) is 12.2. The smallest absolute Gasteiger partial charge is 0.319 e. The summed E-state index contributed by atoms with van der Waals surface area (Å²) in [7, 11) is 1.41. The number of aryl methyl sites for hydroxylation is 1. The van der Waals surface area contributed by atoms with E-state index in [1.165, 1.54) is 7.11 Å². The van der Waals surface area contributed by atoms with Crippen LogP contribution in [0.1, 0.15) is 19.4 Å². The van der Waals surface area contributed by atoms with Crippen molar-refractivity contribution in [3.8, 4) is 5.75 Å². The molecule has 0 aliphatic carbocycles. The van der Waals surface area contributed by atoms with Crippen LogP contribution in [0.25, 0.3) is 0 Å². The van der Waals surface area contributed by atoms with Gasteiger partial charge >= 0.3 is 5.97 Å². The van der Waals surface area contributed by atoms with Crippen molar-refractivity contribution in [3.63, 3.8) is 0 Å². The SMILES string of the molecule is COC(=O)CN(CCOc1ccccc1C)C(C)C. The van der Waals surface area contributed by atoms with E-state index in [0.717, 1.165) is 11.3 Å². The Hall–Kier alpha value is -1.55. The van der Waals surface area contributed by atoms with E-state index in [2.05, 4.69) is 13.8 Å². The van der Waals surface area contributed by atoms with Gasteiger partial charge in [-0.15, -0.1) is 0 Å². The van der Waals surface area contributed by atoms with Crippen molar-refractivity contribution in [1.29, 1.82) is 0 Å². The summed E-state index contributed by atoms with van der Waals surface area (Å²) in [5.74, 6) is 0.675. The standard InChI is InChI=1S/C15H23NO3/c1-12(2)16(11-15(17)18-4)9-10-19-14-8-6-5-7-13(14)3/h5-8,12H,9-11H2,1-4H3. The van der Waals surface area contributed by atoms with Crippen molar-refractivity contribution >= 4 is 5.97 Å². The van der Waals surface area contributed by atoms with E-state index < -0.39 is 0 Å². The molecule has 1 aromatic rings. The summed E-state index contributed by atoms with van der Waals surface area (Å²) in [6, 6.07) is 8.19. The number of ether oxygens (including phenoxy) is 2. The number of hydrogen-bond donors (Lipinski definition) is 0. The van der Waals surface area contributed by atoms with Gasteiger partial charge in [-0.05, 0) is 32.4 Å². The number of para-hydroxylation sites is 1. The molecular formula is C15H23NO3. The Morgan fingerprint density at radius 2 is 2.00 bits per heavy atom. The van der Waals surface area contributed by atoms with Crippen LogP contribution < -0.4 is 4.74 Å². The Morgan fingerprint density at radius 3 is 2.58 bits per heavy atom. The molecule has 4 nitrogen and oxygen atoms in total. The highest BCUT2D eigenvalue weighted by molar-refractivity contribution is 5.71. The first-order chi connectivity index (χ1) is 9.04. The molecule has 1 aromatic carbocycles. The Balaban J connectivity index is 2.44. The van der Waals surface area contributed by atoms with Crippen molar-refractivity contribution in [2.24, 2.45) is 0 Å². The molecule has 106 valence electrons. The molecule has 0 spiro atoms. The van der Waals surface area contributed by atoms with Gasteiger partial charge in [-0.1, -0.05) is 18.2 Å². The fourth-order valence-corrected chi connectivity index (χ4v) is 1.74. The van der Waals surface area contributed by atoms with Crippen LogP contribution in [0.5, 0.6) is 5.75 Å². The third-order valence-electron chi connectivity index (χ3n) is 3.02. The number of nitrogens with zero attached hydrogens (tertiary/aromatic N) is 1. The molecule has 0 atom stereocenters. The molecule has 0 fully saturated rings. The number of hydrogen-bond acceptors (Lipinski definition) is 4. The lowest BCUT2D eigenvalue weighted by atomic mass is 10.2. The van der Waals surface area contributed by atoms with E-state index in [0.29, 0.717) is 19.7 Å². The number of esters is 1. The Bertz CT molecular complexity index is 404. The fourth-order valence-electron chi connectivity index (χ4n) is 1.74. The summed E-state index contributed by atoms with van der Waals surface area (Å²) >= 11 is 0. The highest BCUT2D eigenvalue weighted by atomic mass is 16.5. The van der Waals surface area contributed by atoms with E-state index in [9.17, 15) is 4.79 Å². The Labute approximate surface area is 115 Å². The van der Waals surface area contributed by atoms with E-state index in [4.69, 9.17) is 9.47 Å². The molecular weight excluding hydrogens is 242 g/mol. The summed E-state index contributed by atoms with van der Waals surface area (Å²) < 4.78 is 10.4. The van der Waals surface area contributed by atoms with Gasteiger partial charge in [0.05, 0.1) is 13.7 Å². The van der Waals surface area contributed by atoms with Crippen LogP contribution in [-0.4, -0.2) is 43.7 Å². The third kappa shape index (κ3) is 5.30. The summed E-state index contributed by atoms with van der Waals surface area (Å²) in [5, 5.41) is 0. The van der Waals surface area contributed by atoms with Gasteiger partial charge in [0, 0.05) is 12.6 Å². The molecule has 0 aliphatic heterocycles. The van der Waals surface area contributed by atoms with Crippen LogP contribution in [0.4, 0.5) is 0 Å². The lowest BCUT2D eigenvalue weighted by Crippen LogP contribution is -2.39. The second-order valence-electron chi connectivity index (χ2n) is 4.75. The molecule has 0 saturated heterocycles. The summed E-state index contributed by atoms with van der Waals surface area (Å²) in [6.45, 7) is 7.67. The zero-order chi connectivity index (χ0) is 14.3. The Kier molecular flexibility index (Phi) is 6.36. The van der Waals surface area contributed by atoms with Crippen molar-refractivity contribution in [3.05, 3.63) is 29.8 Å². The first-order valence-corrected chi connectivity index (χ1v) is 6.54. The highest BCUT2D eigenvalue weighted by Gasteiger charge is 2.14. The van der Waals surface area contributed by atoms with Gasteiger partial charge in [-0.2, -0.15) is 0 Å². The van der Waals surface area contributed by atoms with E-state index in [1.54, 1.807) is 0 Å². The molecule has 0 unspecified atom stereocenters. The van der Waals surface area contributed by atoms with Crippen LogP contribution in [0.15, 0.2) is 24.3 Å². The average Bonchev–Trinajstić information content (AvgIpc) is 2.39. The largest absolute Gasteiger partial charge is 0.492 e. The molecule has 0 bridgehead atoms. The van der Waals surface area contributed by atoms with Gasteiger partial charge in [0.1, 0.15) is 12.4 Å². The fraction of sp³-hybridized carbons (Fsp3) is 0.533. The van der Waals surface area contributed by atoms with Gasteiger partial charge in [-0.25, -0.2) is 0 Å². The second-order valence-corrected chi connectivity index (χ2v) is 4.75. The van der Waals surface area contributed by atoms with Crippen molar-refractivity contribution in [2.45, 2.75) is 26.8 Å². The van der Waals surface area contributed by atoms with Gasteiger partial charge in [0.15, 0.2) is 0 Å². The monoisotopic (exact) mass is 265 g/mol. The molecule has 0 radical (unpaired) electrons. The summed E-state index contributed by atoms with van der Waals surface area (Å²) in [6.07, 6.45) is 0. The zero-order valence-electron chi connectivity index (χ0n) is 12.2. The molecule has 0 N–H and O–H groups in total. The predicted octanol–water partition coefficient (Wildman–Crippen LogP) is 2.26. The van der Waals surface area contributed by atoms with Gasteiger partial charge in [-0.3, -0.25) is 9.69 Å². The van der Waals surface area contributed by atoms with Crippen LogP contribution >= 0.6 is 0 Å². The maximum atomic E-state index is 11.3. The van der Waals surface area contributed by atoms with Crippen molar-refractivity contribution in [2.75, 3.05) is 26.8 Å². The maximum Gasteiger partial charge on any atom is 0.319 e. The first kappa shape index (κ1) is 15.5. The van der Waals surface area contributed by atoms with Crippen LogP contribution in [0, 0.1) is 6.92 Å². The van der Waals surface area contributed by atoms with E-state index >= 15 is 0 Å². The molecule has 4 heteroatoms. The topological polar surface area (TPSA) is 38.8 Å². The molecule has 0 aromatic heterocycles. The van der Waals surface area contributed by atoms with Crippen LogP contribution in [0.3, 0.4) is 0 Å². The molecule has 0 saturated carbocycles. The van der Waals surface area contributed by atoms with Gasteiger partial charge in [0.2, 0.25) is 0 Å². The van der Waals surface area contributed by atoms with Crippen LogP contribution in [-0.2, 0) is 9.53 Å². The lowest BCUT2D eigenvalue weighted by molar-refractivity contribution is -0.142. The van der Waals surface area contributed by atoms with Crippen molar-refractivity contribution < 1.29 is 14.3 Å². The molecule has 0 aliphatic rings. The number of rotatable bonds is 7. The van der Waals surface area contributed by atoms with Crippen molar-refractivity contribution in [1.82, 2.24) is 4.90 Å². The van der Waals surface area contributed by atoms with Gasteiger partial charge < -0.3 is 9.47 Å². The minimum atomic E-state index is -0.218. The minimum absolute atomic E-state index is 0.218. The second kappa shape index (κ2) is 7.79. The maximum absolute atomic E-state index is 11.3. The summed E-state index contributed by atoms with van der Waals surface area (Å²) in [5.41, 5.74) is 1.12. The number of methoxy groups -OCH3 is 1. The van der Waals surface area contributed by atoms with E-state index in [1.807, 2.05) is 36.1 Å². The molecule has 0 amide bonds. The normalized spacial score (nSPS) is 10.8. The third-order valence-corrected chi connectivity index (χ3v) is 3.02. The number of benzene rings is 1. The van der Waals surface area contributed by atoms with Crippen LogP contribution in [0.2, 0.25) is 0 Å². The summed E-state index contributed by atoms with van der Waals surface area (Å²) in [4.78, 5) is 13.3. The van der Waals surface area contributed by atoms with Gasteiger partial charge in [0.25, 0.3) is 0 Å². The quantitative estimate of drug-likeness (QED) is 0.709. The molecule has 1 rings (SSSR count). The number of carbonyl (C=O) groups excluding carboxylic acids is 1. The van der Waals surface area contributed by atoms with E-state index in [-0.39, 0.29) is 12.0 Å². The molecule has 19 heavy (non-hydrogen) atoms. The lowest BCUT2D eigenvalue weighted by Gasteiger charge is -2.25. The predicted molar refractivity (Wildman–Crippen MR) is 75.4 cm³/mol.